The zero-order valence-corrected chi connectivity index (χ0v) is 21.5. The van der Waals surface area contributed by atoms with Gasteiger partial charge in [-0.2, -0.15) is 0 Å². The smallest absolute Gasteiger partial charge is 0.227 e. The lowest BCUT2D eigenvalue weighted by Crippen LogP contribution is -2.22. The van der Waals surface area contributed by atoms with E-state index in [1.54, 1.807) is 24.0 Å². The first-order valence-electron chi connectivity index (χ1n) is 12.8. The first-order chi connectivity index (χ1) is 18.2. The second kappa shape index (κ2) is 10.6. The number of aromatic nitrogens is 4. The summed E-state index contributed by atoms with van der Waals surface area (Å²) in [6, 6.07) is 17.1. The maximum absolute atomic E-state index is 14.6. The molecule has 190 valence electrons. The maximum atomic E-state index is 14.6. The number of nitrogens with zero attached hydrogens (tertiary/aromatic N) is 4. The number of rotatable bonds is 6. The van der Waals surface area contributed by atoms with Crippen LogP contribution in [0.4, 0.5) is 4.39 Å². The molecule has 6 rings (SSSR count). The maximum Gasteiger partial charge on any atom is 0.227 e. The standard InChI is InChI=1S/C29H29FN4O2S/c1-19-8-5-6-12-25(19)34-27(21-11-7-13-31-16-21)32-33-29(34)37-18-23-15-24(30)14-22-17-35-28(36-26(22)23)20-9-3-2-4-10-20/h2-4,7,9-11,13-16,19,25,28H,5-6,8,12,17-18H2,1H3/t19-,25+,28-/m0/s1. The van der Waals surface area contributed by atoms with Crippen molar-refractivity contribution in [1.29, 1.82) is 0 Å². The molecule has 37 heavy (non-hydrogen) atoms. The van der Waals surface area contributed by atoms with E-state index in [1.165, 1.54) is 25.3 Å². The van der Waals surface area contributed by atoms with Gasteiger partial charge in [0.2, 0.25) is 6.29 Å². The second-order valence-corrected chi connectivity index (χ2v) is 10.7. The first kappa shape index (κ1) is 24.1. The number of benzene rings is 2. The van der Waals surface area contributed by atoms with Gasteiger partial charge in [0.05, 0.1) is 6.61 Å². The van der Waals surface area contributed by atoms with Crippen molar-refractivity contribution in [3.05, 3.63) is 89.5 Å². The number of pyridine rings is 1. The summed E-state index contributed by atoms with van der Waals surface area (Å²) in [5.41, 5.74) is 3.40. The molecule has 1 saturated carbocycles. The molecule has 2 aromatic carbocycles. The van der Waals surface area contributed by atoms with Crippen LogP contribution in [0.15, 0.2) is 72.1 Å². The van der Waals surface area contributed by atoms with Crippen LogP contribution in [0, 0.1) is 11.7 Å². The Morgan fingerprint density at radius 1 is 1.05 bits per heavy atom. The first-order valence-corrected chi connectivity index (χ1v) is 13.8. The lowest BCUT2D eigenvalue weighted by atomic mass is 9.85. The fraction of sp³-hybridized carbons (Fsp3) is 0.345. The highest BCUT2D eigenvalue weighted by Crippen LogP contribution is 2.42. The highest BCUT2D eigenvalue weighted by atomic mass is 32.2. The normalized spacial score (nSPS) is 21.3. The molecule has 0 saturated heterocycles. The monoisotopic (exact) mass is 516 g/mol. The van der Waals surface area contributed by atoms with E-state index in [9.17, 15) is 4.39 Å². The van der Waals surface area contributed by atoms with Crippen molar-refractivity contribution in [2.45, 2.75) is 62.5 Å². The number of fused-ring (bicyclic) bond motifs is 1. The van der Waals surface area contributed by atoms with Crippen molar-refractivity contribution in [3.8, 4) is 17.1 Å². The zero-order chi connectivity index (χ0) is 25.2. The highest BCUT2D eigenvalue weighted by Gasteiger charge is 2.30. The molecule has 2 aliphatic rings. The SMILES string of the molecule is C[C@H]1CCCC[C@H]1n1c(SCc2cc(F)cc3c2O[C@@H](c2ccccc2)OC3)nnc1-c1cccnc1. The van der Waals surface area contributed by atoms with E-state index in [-0.39, 0.29) is 5.82 Å². The molecule has 0 unspecified atom stereocenters. The van der Waals surface area contributed by atoms with Crippen LogP contribution in [0.25, 0.3) is 11.4 Å². The van der Waals surface area contributed by atoms with Crippen molar-refractivity contribution >= 4 is 11.8 Å². The van der Waals surface area contributed by atoms with Crippen molar-refractivity contribution < 1.29 is 13.9 Å². The number of thioether (sulfide) groups is 1. The minimum atomic E-state index is -0.521. The quantitative estimate of drug-likeness (QED) is 0.254. The topological polar surface area (TPSA) is 62.1 Å². The molecule has 8 heteroatoms. The van der Waals surface area contributed by atoms with Crippen LogP contribution in [0.1, 0.15) is 61.6 Å². The summed E-state index contributed by atoms with van der Waals surface area (Å²) >= 11 is 1.57. The van der Waals surface area contributed by atoms with Gasteiger partial charge < -0.3 is 9.47 Å². The minimum Gasteiger partial charge on any atom is -0.460 e. The molecule has 1 aliphatic heterocycles. The molecule has 3 atom stereocenters. The van der Waals surface area contributed by atoms with Gasteiger partial charge in [-0.3, -0.25) is 9.55 Å². The van der Waals surface area contributed by atoms with Gasteiger partial charge in [0, 0.05) is 46.4 Å². The van der Waals surface area contributed by atoms with Gasteiger partial charge in [-0.05, 0) is 43.0 Å². The summed E-state index contributed by atoms with van der Waals surface area (Å²) in [4.78, 5) is 4.30. The average Bonchev–Trinajstić information content (AvgIpc) is 3.36. The molecule has 0 radical (unpaired) electrons. The molecular weight excluding hydrogens is 487 g/mol. The molecule has 4 aromatic rings. The molecule has 0 spiro atoms. The van der Waals surface area contributed by atoms with Crippen LogP contribution in [0.5, 0.6) is 5.75 Å². The van der Waals surface area contributed by atoms with Gasteiger partial charge in [-0.15, -0.1) is 10.2 Å². The Labute approximate surface area is 220 Å². The van der Waals surface area contributed by atoms with E-state index < -0.39 is 6.29 Å². The Hall–Kier alpha value is -3.23. The summed E-state index contributed by atoms with van der Waals surface area (Å²) in [6.45, 7) is 2.61. The van der Waals surface area contributed by atoms with E-state index in [0.717, 1.165) is 39.7 Å². The Bertz CT molecular complexity index is 1370. The predicted octanol–water partition coefficient (Wildman–Crippen LogP) is 7.13. The largest absolute Gasteiger partial charge is 0.460 e. The van der Waals surface area contributed by atoms with Crippen LogP contribution in [0.3, 0.4) is 0 Å². The van der Waals surface area contributed by atoms with Crippen LogP contribution in [0.2, 0.25) is 0 Å². The Kier molecular flexibility index (Phi) is 6.93. The van der Waals surface area contributed by atoms with E-state index in [0.29, 0.717) is 30.1 Å². The highest BCUT2D eigenvalue weighted by molar-refractivity contribution is 7.98. The van der Waals surface area contributed by atoms with Crippen molar-refractivity contribution in [3.63, 3.8) is 0 Å². The zero-order valence-electron chi connectivity index (χ0n) is 20.7. The van der Waals surface area contributed by atoms with Crippen molar-refractivity contribution in [2.75, 3.05) is 0 Å². The van der Waals surface area contributed by atoms with Gasteiger partial charge in [-0.25, -0.2) is 4.39 Å². The summed E-state index contributed by atoms with van der Waals surface area (Å²) in [7, 11) is 0. The van der Waals surface area contributed by atoms with Crippen LogP contribution in [-0.4, -0.2) is 19.7 Å². The summed E-state index contributed by atoms with van der Waals surface area (Å²) in [5.74, 6) is 2.27. The number of ether oxygens (including phenoxy) is 2. The Balaban J connectivity index is 1.31. The second-order valence-electron chi connectivity index (χ2n) is 9.76. The van der Waals surface area contributed by atoms with Gasteiger partial charge in [0.25, 0.3) is 0 Å². The summed E-state index contributed by atoms with van der Waals surface area (Å²) in [5, 5.41) is 10.0. The molecule has 6 nitrogen and oxygen atoms in total. The third-order valence-corrected chi connectivity index (χ3v) is 8.23. The van der Waals surface area contributed by atoms with Gasteiger partial charge in [0.15, 0.2) is 11.0 Å². The lowest BCUT2D eigenvalue weighted by molar-refractivity contribution is -0.112. The predicted molar refractivity (Wildman–Crippen MR) is 140 cm³/mol. The number of hydrogen-bond acceptors (Lipinski definition) is 6. The van der Waals surface area contributed by atoms with Crippen molar-refractivity contribution in [2.24, 2.45) is 5.92 Å². The lowest BCUT2D eigenvalue weighted by Gasteiger charge is -2.31. The fourth-order valence-corrected chi connectivity index (χ4v) is 6.31. The van der Waals surface area contributed by atoms with Crippen LogP contribution < -0.4 is 4.74 Å². The average molecular weight is 517 g/mol. The van der Waals surface area contributed by atoms with E-state index in [4.69, 9.17) is 9.47 Å². The van der Waals surface area contributed by atoms with E-state index in [2.05, 4.69) is 26.7 Å². The third kappa shape index (κ3) is 5.00. The van der Waals surface area contributed by atoms with E-state index >= 15 is 0 Å². The minimum absolute atomic E-state index is 0.293. The summed E-state index contributed by atoms with van der Waals surface area (Å²) < 4.78 is 29.0. The molecule has 0 bridgehead atoms. The van der Waals surface area contributed by atoms with Gasteiger partial charge in [0.1, 0.15) is 11.6 Å². The third-order valence-electron chi connectivity index (χ3n) is 7.23. The Morgan fingerprint density at radius 3 is 2.73 bits per heavy atom. The van der Waals surface area contributed by atoms with Gasteiger partial charge in [-0.1, -0.05) is 61.9 Å². The molecular formula is C29H29FN4O2S. The van der Waals surface area contributed by atoms with Crippen LogP contribution >= 0.6 is 11.8 Å². The number of hydrogen-bond donors (Lipinski definition) is 0. The Morgan fingerprint density at radius 2 is 1.92 bits per heavy atom. The molecule has 3 heterocycles. The molecule has 2 aromatic heterocycles. The van der Waals surface area contributed by atoms with E-state index in [1.807, 2.05) is 48.7 Å². The number of halogens is 1. The molecule has 1 aliphatic carbocycles. The van der Waals surface area contributed by atoms with Crippen molar-refractivity contribution in [1.82, 2.24) is 19.7 Å². The molecule has 1 fully saturated rings. The fourth-order valence-electron chi connectivity index (χ4n) is 5.35. The summed E-state index contributed by atoms with van der Waals surface area (Å²) in [6.07, 6.45) is 7.80. The van der Waals surface area contributed by atoms with Crippen LogP contribution in [-0.2, 0) is 17.1 Å². The van der Waals surface area contributed by atoms with Gasteiger partial charge >= 0.3 is 0 Å². The molecule has 0 amide bonds. The molecule has 0 N–H and O–H groups in total.